The lowest BCUT2D eigenvalue weighted by Gasteiger charge is -2.33. The second-order valence-electron chi connectivity index (χ2n) is 27.4. The number of nitro benzene ring substituents is 2. The fourth-order valence-electron chi connectivity index (χ4n) is 7.78. The van der Waals surface area contributed by atoms with Crippen LogP contribution in [0.1, 0.15) is 212 Å². The lowest BCUT2D eigenvalue weighted by Crippen LogP contribution is -2.40. The molecule has 13 nitrogen and oxygen atoms in total. The van der Waals surface area contributed by atoms with Crippen LogP contribution in [-0.2, 0) is 37.3 Å². The van der Waals surface area contributed by atoms with E-state index >= 15 is 0 Å². The van der Waals surface area contributed by atoms with Crippen LogP contribution in [0.2, 0.25) is 0 Å². The molecule has 3 aromatic rings. The van der Waals surface area contributed by atoms with Crippen molar-refractivity contribution in [1.82, 2.24) is 0 Å². The zero-order chi connectivity index (χ0) is 56.5. The lowest BCUT2D eigenvalue weighted by atomic mass is 9.69. The van der Waals surface area contributed by atoms with Crippen molar-refractivity contribution in [3.8, 4) is 17.2 Å². The van der Waals surface area contributed by atoms with Crippen LogP contribution in [0, 0.1) is 48.1 Å². The minimum atomic E-state index is -1.31. The fourth-order valence-corrected chi connectivity index (χ4v) is 7.78. The molecule has 0 atom stereocenters. The summed E-state index contributed by atoms with van der Waals surface area (Å²) in [5, 5.41) is 64.4. The average Bonchev–Trinajstić information content (AvgIpc) is 3.13. The van der Waals surface area contributed by atoms with Gasteiger partial charge in [-0.25, -0.2) is 0 Å². The summed E-state index contributed by atoms with van der Waals surface area (Å²) in [6.07, 6.45) is 3.01. The molecule has 0 unspecified atom stereocenters. The average molecular weight is 988 g/mol. The maximum Gasteiger partial charge on any atom is 0.270 e. The van der Waals surface area contributed by atoms with E-state index < -0.39 is 26.2 Å². The summed E-state index contributed by atoms with van der Waals surface area (Å²) in [4.78, 5) is 44.7. The molecule has 0 bridgehead atoms. The number of non-ortho nitro benzene ring substituents is 2. The molecule has 71 heavy (non-hydrogen) atoms. The number of phenolic OH excluding ortho intramolecular Hbond substituents is 3. The van der Waals surface area contributed by atoms with Crippen molar-refractivity contribution >= 4 is 17.2 Å². The third-order valence-electron chi connectivity index (χ3n) is 12.1. The van der Waals surface area contributed by atoms with E-state index in [9.17, 15) is 50.5 Å². The Hall–Kier alpha value is -5.59. The first-order chi connectivity index (χ1) is 31.2. The fraction of sp³-hybridized carbons (Fsp3) is 0.603. The summed E-state index contributed by atoms with van der Waals surface area (Å²) in [5.41, 5.74) is 3.36. The molecule has 0 aromatic heterocycles. The Bertz CT molecular complexity index is 2310. The summed E-state index contributed by atoms with van der Waals surface area (Å²) in [6.45, 7) is 51.0. The molecule has 13 heteroatoms. The minimum absolute atomic E-state index is 0.0178. The lowest BCUT2D eigenvalue weighted by molar-refractivity contribution is -0.536. The molecule has 396 valence electrons. The molecule has 0 amide bonds. The number of phenols is 3. The van der Waals surface area contributed by atoms with Crippen LogP contribution < -0.4 is 0 Å². The van der Waals surface area contributed by atoms with Gasteiger partial charge in [0.05, 0.1) is 9.85 Å². The number of carbonyl (C=O) groups is 1. The highest BCUT2D eigenvalue weighted by atomic mass is 16.6. The number of hydrogen-bond acceptors (Lipinski definition) is 10. The van der Waals surface area contributed by atoms with Gasteiger partial charge in [-0.3, -0.25) is 35.1 Å². The monoisotopic (exact) mass is 988 g/mol. The standard InChI is InChI=1S/C15H23NO3.C15H24O.2C14H21NO3/c1-13(2,3)10-8-15(7,16(18)19)9-11(12(10)17)14(4,5)6;1-10-8-11(14(2,3)4)13(16)12(9-10)15(5,6)7;2*1-13(2,3)10-7-9(15(17)18)8-11(12(10)16)14(4,5)6/h8-9H,1-7H3;8-9,16H,1-7H3;2*7-8,16H,1-6H3. The number of ketones is 1. The number of benzene rings is 3. The maximum absolute atomic E-state index is 12.6. The van der Waals surface area contributed by atoms with Gasteiger partial charge in [-0.15, -0.1) is 0 Å². The van der Waals surface area contributed by atoms with E-state index in [0.29, 0.717) is 39.1 Å². The molecule has 3 N–H and O–H groups in total. The zero-order valence-corrected chi connectivity index (χ0v) is 48.2. The van der Waals surface area contributed by atoms with E-state index in [0.717, 1.165) is 11.1 Å². The van der Waals surface area contributed by atoms with E-state index in [2.05, 4.69) is 60.6 Å². The summed E-state index contributed by atoms with van der Waals surface area (Å²) in [7, 11) is 0. The first-order valence-electron chi connectivity index (χ1n) is 24.3. The van der Waals surface area contributed by atoms with Gasteiger partial charge < -0.3 is 15.3 Å². The molecular formula is C58H89N3O10. The van der Waals surface area contributed by atoms with E-state index in [4.69, 9.17) is 0 Å². The predicted molar refractivity (Wildman–Crippen MR) is 290 cm³/mol. The number of allylic oxidation sites excluding steroid dienone is 2. The van der Waals surface area contributed by atoms with Crippen LogP contribution in [0.25, 0.3) is 0 Å². The third kappa shape index (κ3) is 16.7. The van der Waals surface area contributed by atoms with Crippen LogP contribution in [0.5, 0.6) is 17.2 Å². The number of Topliss-reactive ketones (excluding diaryl/α,β-unsaturated/α-hetero) is 1. The highest BCUT2D eigenvalue weighted by Crippen LogP contribution is 2.45. The summed E-state index contributed by atoms with van der Waals surface area (Å²) in [5.74, 6) is 0.728. The first kappa shape index (κ1) is 63.4. The van der Waals surface area contributed by atoms with Gasteiger partial charge in [0.25, 0.3) is 16.9 Å². The molecule has 1 aliphatic rings. The Labute approximate surface area is 425 Å². The second kappa shape index (κ2) is 21.2. The number of nitro groups is 3. The number of nitrogens with zero attached hydrogens (tertiary/aromatic N) is 3. The number of aromatic hydroxyl groups is 3. The Morgan fingerprint density at radius 3 is 0.746 bits per heavy atom. The maximum atomic E-state index is 12.6. The third-order valence-corrected chi connectivity index (χ3v) is 12.1. The minimum Gasteiger partial charge on any atom is -0.507 e. The van der Waals surface area contributed by atoms with E-state index in [-0.39, 0.29) is 66.1 Å². The number of aryl methyl sites for hydroxylation is 1. The Morgan fingerprint density at radius 1 is 0.394 bits per heavy atom. The molecule has 0 heterocycles. The normalized spacial score (nSPS) is 14.6. The van der Waals surface area contributed by atoms with Crippen molar-refractivity contribution in [2.24, 2.45) is 10.8 Å². The molecule has 3 aromatic carbocycles. The largest absolute Gasteiger partial charge is 0.507 e. The van der Waals surface area contributed by atoms with Crippen molar-refractivity contribution in [3.05, 3.63) is 129 Å². The molecule has 0 aliphatic heterocycles. The van der Waals surface area contributed by atoms with Gasteiger partial charge in [-0.2, -0.15) is 0 Å². The van der Waals surface area contributed by atoms with Gasteiger partial charge in [-0.05, 0) is 61.4 Å². The molecule has 0 fully saturated rings. The molecule has 0 radical (unpaired) electrons. The zero-order valence-electron chi connectivity index (χ0n) is 48.2. The smallest absolute Gasteiger partial charge is 0.270 e. The van der Waals surface area contributed by atoms with Crippen LogP contribution in [0.3, 0.4) is 0 Å². The Morgan fingerprint density at radius 2 is 0.592 bits per heavy atom. The van der Waals surface area contributed by atoms with Crippen molar-refractivity contribution < 1.29 is 34.9 Å². The highest BCUT2D eigenvalue weighted by molar-refractivity contribution is 6.11. The predicted octanol–water partition coefficient (Wildman–Crippen LogP) is 15.6. The molecule has 0 saturated carbocycles. The topological polar surface area (TPSA) is 207 Å². The Kier molecular flexibility index (Phi) is 19.0. The van der Waals surface area contributed by atoms with Gasteiger partial charge in [0.1, 0.15) is 17.2 Å². The Balaban J connectivity index is 0.000000474. The molecular weight excluding hydrogens is 899 g/mol. The molecule has 0 spiro atoms. The molecule has 4 rings (SSSR count). The SMILES string of the molecule is CC(C)(C)C1=CC(C)([N+](=O)[O-])C=C(C(C)(C)C)C1=O.CC(C)(C)c1cc([N+](=O)[O-])cc(C(C)(C)C)c1O.CC(C)(C)c1cc([N+](=O)[O-])cc(C(C)(C)C)c1O.Cc1cc(C(C)(C)C)c(O)c(C(C)(C)C)c1. The van der Waals surface area contributed by atoms with Crippen LogP contribution in [0.15, 0.2) is 59.7 Å². The van der Waals surface area contributed by atoms with Gasteiger partial charge in [0.2, 0.25) is 0 Å². The van der Waals surface area contributed by atoms with Gasteiger partial charge in [0, 0.05) is 81.7 Å². The van der Waals surface area contributed by atoms with E-state index in [1.807, 2.05) is 125 Å². The second-order valence-corrected chi connectivity index (χ2v) is 27.4. The van der Waals surface area contributed by atoms with E-state index in [1.165, 1.54) is 48.9 Å². The van der Waals surface area contributed by atoms with Crippen LogP contribution >= 0.6 is 0 Å². The van der Waals surface area contributed by atoms with Gasteiger partial charge in [-0.1, -0.05) is 184 Å². The van der Waals surface area contributed by atoms with Crippen molar-refractivity contribution in [1.29, 1.82) is 0 Å². The van der Waals surface area contributed by atoms with Gasteiger partial charge in [0.15, 0.2) is 5.78 Å². The first-order valence-corrected chi connectivity index (χ1v) is 24.3. The van der Waals surface area contributed by atoms with Crippen LogP contribution in [-0.4, -0.2) is 41.4 Å². The number of hydrogen-bond donors (Lipinski definition) is 3. The molecule has 1 aliphatic carbocycles. The summed E-state index contributed by atoms with van der Waals surface area (Å²) >= 11 is 0. The molecule has 0 saturated heterocycles. The highest BCUT2D eigenvalue weighted by Gasteiger charge is 2.45. The number of rotatable bonds is 3. The van der Waals surface area contributed by atoms with Crippen molar-refractivity contribution in [2.45, 2.75) is 218 Å². The summed E-state index contributed by atoms with van der Waals surface area (Å²) in [6, 6.07) is 10.0. The van der Waals surface area contributed by atoms with Gasteiger partial charge >= 0.3 is 0 Å². The van der Waals surface area contributed by atoms with E-state index in [1.54, 1.807) is 0 Å². The van der Waals surface area contributed by atoms with Crippen LogP contribution in [0.4, 0.5) is 11.4 Å². The summed E-state index contributed by atoms with van der Waals surface area (Å²) < 4.78 is 0. The van der Waals surface area contributed by atoms with Crippen molar-refractivity contribution in [3.63, 3.8) is 0 Å². The number of carbonyl (C=O) groups excluding carboxylic acids is 1. The quantitative estimate of drug-likeness (QED) is 0.167. The van der Waals surface area contributed by atoms with Crippen molar-refractivity contribution in [2.75, 3.05) is 0 Å².